The molecule has 1 saturated carbocycles. The lowest BCUT2D eigenvalue weighted by molar-refractivity contribution is -0.123. The molecule has 116 valence electrons. The minimum absolute atomic E-state index is 0.0130. The first kappa shape index (κ1) is 16.1. The first-order valence-electron chi connectivity index (χ1n) is 6.54. The van der Waals surface area contributed by atoms with Gasteiger partial charge in [0.2, 0.25) is 5.91 Å². The van der Waals surface area contributed by atoms with Crippen LogP contribution in [0.2, 0.25) is 0 Å². The van der Waals surface area contributed by atoms with E-state index >= 15 is 0 Å². The van der Waals surface area contributed by atoms with Gasteiger partial charge in [0.05, 0.1) is 12.0 Å². The molecule has 0 spiro atoms. The van der Waals surface area contributed by atoms with Crippen LogP contribution in [0.5, 0.6) is 5.75 Å². The summed E-state index contributed by atoms with van der Waals surface area (Å²) < 4.78 is 27.9. The van der Waals surface area contributed by atoms with Gasteiger partial charge in [-0.3, -0.25) is 4.79 Å². The van der Waals surface area contributed by atoms with Crippen LogP contribution in [0.1, 0.15) is 25.8 Å². The number of hydrogen-bond acceptors (Lipinski definition) is 4. The molecular formula is C14H18ClNO4S. The number of nitrogens with one attached hydrogen (secondary N) is 1. The van der Waals surface area contributed by atoms with Crippen molar-refractivity contribution in [2.75, 3.05) is 7.11 Å². The van der Waals surface area contributed by atoms with Crippen LogP contribution in [0.3, 0.4) is 0 Å². The fraction of sp³-hybridized carbons (Fsp3) is 0.500. The van der Waals surface area contributed by atoms with Crippen LogP contribution in [0.25, 0.3) is 0 Å². The SMILES string of the molecule is COc1ccc(S(=O)(=O)Cl)cc1CNC(=O)C1CC1(C)C. The van der Waals surface area contributed by atoms with Gasteiger partial charge in [0.25, 0.3) is 9.05 Å². The van der Waals surface area contributed by atoms with Crippen molar-refractivity contribution < 1.29 is 17.9 Å². The first-order chi connectivity index (χ1) is 9.65. The number of carbonyl (C=O) groups is 1. The van der Waals surface area contributed by atoms with E-state index in [1.807, 2.05) is 13.8 Å². The van der Waals surface area contributed by atoms with Gasteiger partial charge in [-0.05, 0) is 30.0 Å². The molecule has 1 amide bonds. The van der Waals surface area contributed by atoms with E-state index in [0.29, 0.717) is 11.3 Å². The van der Waals surface area contributed by atoms with Gasteiger partial charge in [-0.1, -0.05) is 13.8 Å². The van der Waals surface area contributed by atoms with Crippen molar-refractivity contribution in [3.63, 3.8) is 0 Å². The quantitative estimate of drug-likeness (QED) is 0.840. The average molecular weight is 332 g/mol. The molecule has 1 aromatic carbocycles. The highest BCUT2D eigenvalue weighted by Gasteiger charge is 2.50. The second-order valence-electron chi connectivity index (χ2n) is 5.87. The van der Waals surface area contributed by atoms with E-state index in [1.165, 1.54) is 25.3 Å². The van der Waals surface area contributed by atoms with E-state index < -0.39 is 9.05 Å². The zero-order valence-corrected chi connectivity index (χ0v) is 13.7. The van der Waals surface area contributed by atoms with Gasteiger partial charge in [-0.25, -0.2) is 8.42 Å². The molecule has 0 bridgehead atoms. The van der Waals surface area contributed by atoms with Crippen molar-refractivity contribution in [3.8, 4) is 5.75 Å². The zero-order valence-electron chi connectivity index (χ0n) is 12.1. The fourth-order valence-corrected chi connectivity index (χ4v) is 3.07. The number of methoxy groups -OCH3 is 1. The van der Waals surface area contributed by atoms with Gasteiger partial charge >= 0.3 is 0 Å². The number of halogens is 1. The van der Waals surface area contributed by atoms with E-state index in [0.717, 1.165) is 6.42 Å². The van der Waals surface area contributed by atoms with Crippen LogP contribution in [-0.4, -0.2) is 21.4 Å². The lowest BCUT2D eigenvalue weighted by Crippen LogP contribution is -2.26. The second-order valence-corrected chi connectivity index (χ2v) is 8.44. The molecular weight excluding hydrogens is 314 g/mol. The summed E-state index contributed by atoms with van der Waals surface area (Å²) in [5.74, 6) is 0.499. The van der Waals surface area contributed by atoms with Crippen LogP contribution in [0, 0.1) is 11.3 Å². The molecule has 1 aliphatic carbocycles. The molecule has 21 heavy (non-hydrogen) atoms. The normalized spacial score (nSPS) is 19.9. The molecule has 1 fully saturated rings. The summed E-state index contributed by atoms with van der Waals surface area (Å²) in [6, 6.07) is 4.31. The summed E-state index contributed by atoms with van der Waals surface area (Å²) in [6.07, 6.45) is 0.867. The maximum atomic E-state index is 12.0. The molecule has 2 rings (SSSR count). The molecule has 0 radical (unpaired) electrons. The first-order valence-corrected chi connectivity index (χ1v) is 8.85. The Kier molecular flexibility index (Phi) is 4.22. The van der Waals surface area contributed by atoms with Crippen molar-refractivity contribution in [3.05, 3.63) is 23.8 Å². The number of ether oxygens (including phenoxy) is 1. The molecule has 1 aromatic rings. The van der Waals surface area contributed by atoms with E-state index in [-0.39, 0.29) is 28.7 Å². The Hall–Kier alpha value is -1.27. The van der Waals surface area contributed by atoms with E-state index in [4.69, 9.17) is 15.4 Å². The predicted molar refractivity (Wildman–Crippen MR) is 79.8 cm³/mol. The Morgan fingerprint density at radius 2 is 2.10 bits per heavy atom. The van der Waals surface area contributed by atoms with Gasteiger partial charge in [-0.2, -0.15) is 0 Å². The maximum absolute atomic E-state index is 12.0. The lowest BCUT2D eigenvalue weighted by Gasteiger charge is -2.11. The standard InChI is InChI=1S/C14H18ClNO4S/c1-14(2)7-11(14)13(17)16-8-9-6-10(21(15,18)19)4-5-12(9)20-3/h4-6,11H,7-8H2,1-3H3,(H,16,17). The van der Waals surface area contributed by atoms with Crippen LogP contribution < -0.4 is 10.1 Å². The smallest absolute Gasteiger partial charge is 0.261 e. The van der Waals surface area contributed by atoms with Crippen molar-refractivity contribution in [2.24, 2.45) is 11.3 Å². The molecule has 0 aromatic heterocycles. The molecule has 1 N–H and O–H groups in total. The highest BCUT2D eigenvalue weighted by atomic mass is 35.7. The van der Waals surface area contributed by atoms with Crippen LogP contribution in [0.4, 0.5) is 0 Å². The molecule has 1 unspecified atom stereocenters. The Morgan fingerprint density at radius 3 is 2.57 bits per heavy atom. The second kappa shape index (κ2) is 5.50. The summed E-state index contributed by atoms with van der Waals surface area (Å²) in [4.78, 5) is 12.0. The van der Waals surface area contributed by atoms with E-state index in [1.54, 1.807) is 0 Å². The molecule has 5 nitrogen and oxygen atoms in total. The Balaban J connectivity index is 2.13. The molecule has 0 aliphatic heterocycles. The van der Waals surface area contributed by atoms with Crippen LogP contribution in [0.15, 0.2) is 23.1 Å². The summed E-state index contributed by atoms with van der Waals surface area (Å²) in [6.45, 7) is 4.28. The largest absolute Gasteiger partial charge is 0.496 e. The zero-order chi connectivity index (χ0) is 15.8. The third-order valence-corrected chi connectivity index (χ3v) is 5.17. The Bertz CT molecular complexity index is 670. The number of benzene rings is 1. The summed E-state index contributed by atoms with van der Waals surface area (Å²) in [5, 5.41) is 2.81. The van der Waals surface area contributed by atoms with Gasteiger partial charge < -0.3 is 10.1 Å². The summed E-state index contributed by atoms with van der Waals surface area (Å²) >= 11 is 0. The molecule has 0 heterocycles. The van der Waals surface area contributed by atoms with Crippen molar-refractivity contribution in [1.29, 1.82) is 0 Å². The summed E-state index contributed by atoms with van der Waals surface area (Å²) in [7, 11) is 3.01. The number of hydrogen-bond donors (Lipinski definition) is 1. The maximum Gasteiger partial charge on any atom is 0.261 e. The molecule has 7 heteroatoms. The molecule has 0 saturated heterocycles. The third-order valence-electron chi connectivity index (χ3n) is 3.82. The Labute approximate surface area is 129 Å². The predicted octanol–water partition coefficient (Wildman–Crippen LogP) is 2.29. The van der Waals surface area contributed by atoms with Gasteiger partial charge in [0, 0.05) is 28.7 Å². The van der Waals surface area contributed by atoms with Crippen molar-refractivity contribution >= 4 is 25.6 Å². The van der Waals surface area contributed by atoms with Gasteiger partial charge in [0.15, 0.2) is 0 Å². The van der Waals surface area contributed by atoms with E-state index in [2.05, 4.69) is 5.32 Å². The number of amides is 1. The van der Waals surface area contributed by atoms with Crippen molar-refractivity contribution in [2.45, 2.75) is 31.7 Å². The summed E-state index contributed by atoms with van der Waals surface area (Å²) in [5.41, 5.74) is 0.626. The molecule has 1 atom stereocenters. The number of rotatable bonds is 5. The van der Waals surface area contributed by atoms with Gasteiger partial charge in [-0.15, -0.1) is 0 Å². The third kappa shape index (κ3) is 3.68. The topological polar surface area (TPSA) is 72.5 Å². The minimum Gasteiger partial charge on any atom is -0.496 e. The van der Waals surface area contributed by atoms with Gasteiger partial charge in [0.1, 0.15) is 5.75 Å². The van der Waals surface area contributed by atoms with E-state index in [9.17, 15) is 13.2 Å². The van der Waals surface area contributed by atoms with Crippen LogP contribution in [-0.2, 0) is 20.4 Å². The van der Waals surface area contributed by atoms with Crippen molar-refractivity contribution in [1.82, 2.24) is 5.32 Å². The lowest BCUT2D eigenvalue weighted by atomic mass is 10.1. The Morgan fingerprint density at radius 1 is 1.48 bits per heavy atom. The highest BCUT2D eigenvalue weighted by Crippen LogP contribution is 2.51. The van der Waals surface area contributed by atoms with Crippen LogP contribution >= 0.6 is 10.7 Å². The minimum atomic E-state index is -3.81. The highest BCUT2D eigenvalue weighted by molar-refractivity contribution is 8.13. The fourth-order valence-electron chi connectivity index (χ4n) is 2.27. The monoisotopic (exact) mass is 331 g/mol. The number of carbonyl (C=O) groups excluding carboxylic acids is 1. The average Bonchev–Trinajstić information content (AvgIpc) is 3.03. The molecule has 1 aliphatic rings.